The fourth-order valence-corrected chi connectivity index (χ4v) is 3.53. The number of amides is 1. The molecule has 0 saturated carbocycles. The Hall–Kier alpha value is -0.650. The van der Waals surface area contributed by atoms with Gasteiger partial charge in [0, 0.05) is 4.47 Å². The maximum absolute atomic E-state index is 11.9. The molecule has 0 aliphatic heterocycles. The lowest BCUT2D eigenvalue weighted by Crippen LogP contribution is -2.25. The summed E-state index contributed by atoms with van der Waals surface area (Å²) in [5.74, 6) is -0.0272. The highest BCUT2D eigenvalue weighted by atomic mass is 79.9. The summed E-state index contributed by atoms with van der Waals surface area (Å²) >= 11 is 6.44. The number of halogens is 1. The van der Waals surface area contributed by atoms with Crippen molar-refractivity contribution in [3.8, 4) is 0 Å². The van der Waals surface area contributed by atoms with Crippen molar-refractivity contribution in [2.24, 2.45) is 0 Å². The molecule has 0 fully saturated rings. The van der Waals surface area contributed by atoms with Gasteiger partial charge in [-0.3, -0.25) is 4.79 Å². The molecule has 84 valence electrons. The number of nitrogens with one attached hydrogen (secondary N) is 1. The first-order valence-corrected chi connectivity index (χ1v) is 7.36. The van der Waals surface area contributed by atoms with Crippen molar-refractivity contribution in [3.05, 3.63) is 43.2 Å². The van der Waals surface area contributed by atoms with E-state index in [4.69, 9.17) is 0 Å². The van der Waals surface area contributed by atoms with Crippen LogP contribution in [0.2, 0.25) is 0 Å². The molecule has 2 aromatic heterocycles. The van der Waals surface area contributed by atoms with E-state index in [1.165, 1.54) is 11.3 Å². The van der Waals surface area contributed by atoms with Crippen molar-refractivity contribution >= 4 is 44.5 Å². The molecule has 2 heterocycles. The predicted octanol–water partition coefficient (Wildman–Crippen LogP) is 4.06. The molecule has 0 aliphatic carbocycles. The Morgan fingerprint density at radius 3 is 2.81 bits per heavy atom. The monoisotopic (exact) mass is 315 g/mol. The Morgan fingerprint density at radius 1 is 1.44 bits per heavy atom. The van der Waals surface area contributed by atoms with Crippen LogP contribution < -0.4 is 5.32 Å². The maximum atomic E-state index is 11.9. The number of hydrogen-bond donors (Lipinski definition) is 1. The molecule has 0 spiro atoms. The molecule has 1 unspecified atom stereocenters. The van der Waals surface area contributed by atoms with Crippen LogP contribution in [0.3, 0.4) is 0 Å². The van der Waals surface area contributed by atoms with Crippen LogP contribution >= 0.6 is 38.6 Å². The molecule has 2 nitrogen and oxygen atoms in total. The van der Waals surface area contributed by atoms with Crippen molar-refractivity contribution in [3.63, 3.8) is 0 Å². The first-order valence-electron chi connectivity index (χ1n) is 4.74. The summed E-state index contributed by atoms with van der Waals surface area (Å²) < 4.78 is 0.854. The van der Waals surface area contributed by atoms with Crippen LogP contribution in [-0.4, -0.2) is 5.91 Å². The maximum Gasteiger partial charge on any atom is 0.262 e. The van der Waals surface area contributed by atoms with Gasteiger partial charge in [0.25, 0.3) is 5.91 Å². The Bertz CT molecular complexity index is 478. The third kappa shape index (κ3) is 2.53. The number of carbonyl (C=O) groups excluding carboxylic acids is 1. The Morgan fingerprint density at radius 2 is 2.25 bits per heavy atom. The van der Waals surface area contributed by atoms with Gasteiger partial charge in [-0.05, 0) is 56.7 Å². The number of rotatable bonds is 3. The third-order valence-corrected chi connectivity index (χ3v) is 4.75. The van der Waals surface area contributed by atoms with Crippen LogP contribution in [0.5, 0.6) is 0 Å². The largest absolute Gasteiger partial charge is 0.345 e. The molecule has 2 aromatic rings. The number of hydrogen-bond acceptors (Lipinski definition) is 3. The minimum Gasteiger partial charge on any atom is -0.345 e. The SMILES string of the molecule is CC(NC(=O)c1sccc1Br)c1ccsc1. The topological polar surface area (TPSA) is 29.1 Å². The second-order valence-corrected chi connectivity index (χ2v) is 5.90. The van der Waals surface area contributed by atoms with E-state index in [1.54, 1.807) is 11.3 Å². The molecule has 0 bridgehead atoms. The zero-order chi connectivity index (χ0) is 11.5. The summed E-state index contributed by atoms with van der Waals surface area (Å²) in [6.07, 6.45) is 0. The molecule has 16 heavy (non-hydrogen) atoms. The van der Waals surface area contributed by atoms with Crippen molar-refractivity contribution in [1.29, 1.82) is 0 Å². The second kappa shape index (κ2) is 5.12. The van der Waals surface area contributed by atoms with Crippen LogP contribution in [-0.2, 0) is 0 Å². The van der Waals surface area contributed by atoms with Gasteiger partial charge in [0.2, 0.25) is 0 Å². The molecule has 1 atom stereocenters. The van der Waals surface area contributed by atoms with E-state index in [0.29, 0.717) is 0 Å². The van der Waals surface area contributed by atoms with Gasteiger partial charge in [-0.15, -0.1) is 11.3 Å². The van der Waals surface area contributed by atoms with Gasteiger partial charge in [0.05, 0.1) is 6.04 Å². The van der Waals surface area contributed by atoms with Gasteiger partial charge >= 0.3 is 0 Å². The number of thiophene rings is 2. The van der Waals surface area contributed by atoms with E-state index in [2.05, 4.69) is 26.6 Å². The molecule has 1 N–H and O–H groups in total. The number of carbonyl (C=O) groups is 1. The summed E-state index contributed by atoms with van der Waals surface area (Å²) in [5.41, 5.74) is 1.14. The van der Waals surface area contributed by atoms with Gasteiger partial charge in [0.15, 0.2) is 0 Å². The first-order chi connectivity index (χ1) is 7.68. The van der Waals surface area contributed by atoms with Gasteiger partial charge in [-0.25, -0.2) is 0 Å². The van der Waals surface area contributed by atoms with Gasteiger partial charge in [0.1, 0.15) is 4.88 Å². The van der Waals surface area contributed by atoms with Crippen molar-refractivity contribution in [2.75, 3.05) is 0 Å². The lowest BCUT2D eigenvalue weighted by Gasteiger charge is -2.11. The van der Waals surface area contributed by atoms with E-state index in [-0.39, 0.29) is 11.9 Å². The lowest BCUT2D eigenvalue weighted by atomic mass is 10.2. The van der Waals surface area contributed by atoms with Crippen LogP contribution in [0.25, 0.3) is 0 Å². The standard InChI is InChI=1S/C11H10BrNOS2/c1-7(8-2-4-15-6-8)13-11(14)10-9(12)3-5-16-10/h2-7H,1H3,(H,13,14). The molecular formula is C11H10BrNOS2. The van der Waals surface area contributed by atoms with E-state index in [0.717, 1.165) is 14.9 Å². The normalized spacial score (nSPS) is 12.4. The Labute approximate surface area is 110 Å². The molecule has 0 radical (unpaired) electrons. The summed E-state index contributed by atoms with van der Waals surface area (Å²) in [5, 5.41) is 8.93. The summed E-state index contributed by atoms with van der Waals surface area (Å²) in [6.45, 7) is 1.99. The summed E-state index contributed by atoms with van der Waals surface area (Å²) in [4.78, 5) is 12.6. The quantitative estimate of drug-likeness (QED) is 0.909. The van der Waals surface area contributed by atoms with E-state index < -0.39 is 0 Å². The van der Waals surface area contributed by atoms with Crippen LogP contribution in [0, 0.1) is 0 Å². The predicted molar refractivity (Wildman–Crippen MR) is 72.2 cm³/mol. The second-order valence-electron chi connectivity index (χ2n) is 3.35. The molecule has 2 rings (SSSR count). The molecule has 5 heteroatoms. The smallest absolute Gasteiger partial charge is 0.262 e. The molecule has 0 saturated heterocycles. The highest BCUT2D eigenvalue weighted by Crippen LogP contribution is 2.24. The fourth-order valence-electron chi connectivity index (χ4n) is 1.32. The van der Waals surface area contributed by atoms with Gasteiger partial charge < -0.3 is 5.32 Å². The third-order valence-electron chi connectivity index (χ3n) is 2.21. The molecule has 0 aliphatic rings. The van der Waals surface area contributed by atoms with E-state index in [9.17, 15) is 4.79 Å². The minimum absolute atomic E-state index is 0.0272. The summed E-state index contributed by atoms with van der Waals surface area (Å²) in [6, 6.07) is 3.96. The van der Waals surface area contributed by atoms with Crippen molar-refractivity contribution in [2.45, 2.75) is 13.0 Å². The zero-order valence-corrected chi connectivity index (χ0v) is 11.8. The molecular weight excluding hydrogens is 306 g/mol. The molecule has 1 amide bonds. The zero-order valence-electron chi connectivity index (χ0n) is 8.57. The highest BCUT2D eigenvalue weighted by molar-refractivity contribution is 9.10. The van der Waals surface area contributed by atoms with Crippen LogP contribution in [0.4, 0.5) is 0 Å². The Kier molecular flexibility index (Phi) is 3.78. The van der Waals surface area contributed by atoms with Crippen LogP contribution in [0.1, 0.15) is 28.2 Å². The van der Waals surface area contributed by atoms with E-state index >= 15 is 0 Å². The molecule has 0 aromatic carbocycles. The minimum atomic E-state index is -0.0272. The van der Waals surface area contributed by atoms with Crippen molar-refractivity contribution < 1.29 is 4.79 Å². The van der Waals surface area contributed by atoms with E-state index in [1.807, 2.05) is 29.8 Å². The van der Waals surface area contributed by atoms with Gasteiger partial charge in [-0.2, -0.15) is 11.3 Å². The van der Waals surface area contributed by atoms with Crippen molar-refractivity contribution in [1.82, 2.24) is 5.32 Å². The van der Waals surface area contributed by atoms with Crippen LogP contribution in [0.15, 0.2) is 32.7 Å². The highest BCUT2D eigenvalue weighted by Gasteiger charge is 2.15. The first kappa shape index (κ1) is 11.8. The van der Waals surface area contributed by atoms with Gasteiger partial charge in [-0.1, -0.05) is 0 Å². The lowest BCUT2D eigenvalue weighted by molar-refractivity contribution is 0.0943. The average molecular weight is 316 g/mol. The Balaban J connectivity index is 2.06. The average Bonchev–Trinajstić information content (AvgIpc) is 2.86. The fraction of sp³-hybridized carbons (Fsp3) is 0.182. The summed E-state index contributed by atoms with van der Waals surface area (Å²) in [7, 11) is 0.